The molecule has 28 heavy (non-hydrogen) atoms. The Morgan fingerprint density at radius 2 is 1.86 bits per heavy atom. The fourth-order valence-corrected chi connectivity index (χ4v) is 2.70. The van der Waals surface area contributed by atoms with Gasteiger partial charge >= 0.3 is 12.1 Å². The summed E-state index contributed by atoms with van der Waals surface area (Å²) in [6.07, 6.45) is -2.87. The largest absolute Gasteiger partial charge is 0.480 e. The van der Waals surface area contributed by atoms with Gasteiger partial charge in [-0.3, -0.25) is 4.79 Å². The van der Waals surface area contributed by atoms with Gasteiger partial charge in [-0.05, 0) is 23.6 Å². The van der Waals surface area contributed by atoms with Crippen molar-refractivity contribution in [1.82, 2.24) is 5.32 Å². The van der Waals surface area contributed by atoms with E-state index < -0.39 is 42.2 Å². The van der Waals surface area contributed by atoms with E-state index in [0.717, 1.165) is 17.7 Å². The number of nitrogens with two attached hydrogens (primary N) is 1. The summed E-state index contributed by atoms with van der Waals surface area (Å²) in [6, 6.07) is 6.59. The molecule has 3 atom stereocenters. The first-order chi connectivity index (χ1) is 13.0. The van der Waals surface area contributed by atoms with Crippen molar-refractivity contribution >= 4 is 11.9 Å². The number of hydrogen-bond acceptors (Lipinski definition) is 4. The zero-order valence-electron chi connectivity index (χ0n) is 14.8. The summed E-state index contributed by atoms with van der Waals surface area (Å²) in [4.78, 5) is 23.7. The fraction of sp³-hybridized carbons (Fsp3) is 0.368. The minimum atomic E-state index is -4.84. The standard InChI is InChI=1S/C19H21F3N2O4/c20-19(21,22)18(28)8-6-13(7-9-18)11-15(17(26)27)24-16(25)14(23)10-12-4-2-1-3-5-12/h1-8,14-15,28H,9-11,23H2,(H,24,25)(H,26,27)/t14-,15-,18?/m0/s1. The highest BCUT2D eigenvalue weighted by Crippen LogP contribution is 2.37. The second-order valence-electron chi connectivity index (χ2n) is 6.64. The molecule has 1 unspecified atom stereocenters. The molecule has 0 radical (unpaired) electrons. The Balaban J connectivity index is 1.98. The van der Waals surface area contributed by atoms with Crippen LogP contribution in [0.15, 0.2) is 54.1 Å². The van der Waals surface area contributed by atoms with Gasteiger partial charge < -0.3 is 21.3 Å². The third-order valence-corrected chi connectivity index (χ3v) is 4.43. The van der Waals surface area contributed by atoms with Crippen LogP contribution in [0.2, 0.25) is 0 Å². The van der Waals surface area contributed by atoms with Crippen LogP contribution in [-0.2, 0) is 16.0 Å². The zero-order chi connectivity index (χ0) is 20.9. The molecule has 0 heterocycles. The number of carboxylic acids is 1. The van der Waals surface area contributed by atoms with E-state index in [0.29, 0.717) is 6.08 Å². The van der Waals surface area contributed by atoms with Gasteiger partial charge in [0.05, 0.1) is 6.04 Å². The summed E-state index contributed by atoms with van der Waals surface area (Å²) in [5.74, 6) is -2.02. The SMILES string of the molecule is N[C@@H](Cc1ccccc1)C(=O)N[C@@H](CC1=CCC(O)(C(F)(F)F)C=C1)C(=O)O. The van der Waals surface area contributed by atoms with Crippen molar-refractivity contribution in [1.29, 1.82) is 0 Å². The molecular weight excluding hydrogens is 377 g/mol. The van der Waals surface area contributed by atoms with Crippen molar-refractivity contribution in [3.8, 4) is 0 Å². The molecule has 6 nitrogen and oxygen atoms in total. The van der Waals surface area contributed by atoms with E-state index in [9.17, 15) is 33.0 Å². The van der Waals surface area contributed by atoms with Crippen LogP contribution in [0.5, 0.6) is 0 Å². The average Bonchev–Trinajstić information content (AvgIpc) is 2.62. The van der Waals surface area contributed by atoms with E-state index in [-0.39, 0.29) is 18.4 Å². The summed E-state index contributed by atoms with van der Waals surface area (Å²) in [5.41, 5.74) is 3.92. The molecule has 1 aromatic rings. The fourth-order valence-electron chi connectivity index (χ4n) is 2.70. The van der Waals surface area contributed by atoms with Crippen LogP contribution in [0.25, 0.3) is 0 Å². The molecule has 152 valence electrons. The number of allylic oxidation sites excluding steroid dienone is 1. The molecule has 9 heteroatoms. The Bertz CT molecular complexity index is 777. The third kappa shape index (κ3) is 5.43. The molecule has 0 spiro atoms. The number of amides is 1. The van der Waals surface area contributed by atoms with Gasteiger partial charge in [0, 0.05) is 12.8 Å². The topological polar surface area (TPSA) is 113 Å². The van der Waals surface area contributed by atoms with Crippen molar-refractivity contribution in [3.63, 3.8) is 0 Å². The van der Waals surface area contributed by atoms with Crippen molar-refractivity contribution in [2.24, 2.45) is 5.73 Å². The Morgan fingerprint density at radius 3 is 2.36 bits per heavy atom. The molecule has 1 aliphatic carbocycles. The van der Waals surface area contributed by atoms with Crippen molar-refractivity contribution in [2.75, 3.05) is 0 Å². The molecule has 0 aliphatic heterocycles. The number of nitrogens with one attached hydrogen (secondary N) is 1. The summed E-state index contributed by atoms with van der Waals surface area (Å²) < 4.78 is 38.4. The molecule has 0 aromatic heterocycles. The van der Waals surface area contributed by atoms with Crippen LogP contribution in [0.4, 0.5) is 13.2 Å². The van der Waals surface area contributed by atoms with E-state index in [1.54, 1.807) is 30.3 Å². The Morgan fingerprint density at radius 1 is 1.21 bits per heavy atom. The minimum Gasteiger partial charge on any atom is -0.480 e. The highest BCUT2D eigenvalue weighted by molar-refractivity contribution is 5.87. The molecular formula is C19H21F3N2O4. The highest BCUT2D eigenvalue weighted by Gasteiger charge is 2.51. The molecule has 1 amide bonds. The van der Waals surface area contributed by atoms with Gasteiger partial charge in [-0.25, -0.2) is 4.79 Å². The number of rotatable bonds is 7. The molecule has 0 fully saturated rings. The molecule has 0 saturated carbocycles. The van der Waals surface area contributed by atoms with Gasteiger partial charge in [0.2, 0.25) is 5.91 Å². The lowest BCUT2D eigenvalue weighted by atomic mass is 9.89. The molecule has 1 aliphatic rings. The summed E-state index contributed by atoms with van der Waals surface area (Å²) in [5, 5.41) is 21.2. The van der Waals surface area contributed by atoms with Crippen molar-refractivity contribution in [3.05, 3.63) is 59.7 Å². The van der Waals surface area contributed by atoms with Crippen LogP contribution >= 0.6 is 0 Å². The maximum atomic E-state index is 12.8. The average molecular weight is 398 g/mol. The maximum absolute atomic E-state index is 12.8. The quantitative estimate of drug-likeness (QED) is 0.558. The smallest absolute Gasteiger partial charge is 0.421 e. The lowest BCUT2D eigenvalue weighted by molar-refractivity contribution is -0.238. The normalized spacial score (nSPS) is 21.5. The number of alkyl halides is 3. The predicted molar refractivity (Wildman–Crippen MR) is 95.1 cm³/mol. The number of carbonyl (C=O) groups is 2. The Hall–Kier alpha value is -2.65. The van der Waals surface area contributed by atoms with Crippen LogP contribution in [0.3, 0.4) is 0 Å². The highest BCUT2D eigenvalue weighted by atomic mass is 19.4. The second kappa shape index (κ2) is 8.57. The molecule has 5 N–H and O–H groups in total. The maximum Gasteiger partial charge on any atom is 0.421 e. The van der Waals surface area contributed by atoms with Crippen LogP contribution < -0.4 is 11.1 Å². The number of halogens is 3. The number of aliphatic hydroxyl groups is 1. The molecule has 0 saturated heterocycles. The predicted octanol–water partition coefficient (Wildman–Crippen LogP) is 1.70. The Labute approximate surface area is 159 Å². The molecule has 2 rings (SSSR count). The number of aliphatic carboxylic acids is 1. The first-order valence-corrected chi connectivity index (χ1v) is 8.52. The lowest BCUT2D eigenvalue weighted by Crippen LogP contribution is -2.49. The van der Waals surface area contributed by atoms with Gasteiger partial charge in [0.1, 0.15) is 6.04 Å². The van der Waals surface area contributed by atoms with Crippen molar-refractivity contribution < 1.29 is 33.0 Å². The van der Waals surface area contributed by atoms with Crippen LogP contribution in [-0.4, -0.2) is 46.0 Å². The number of hydrogen-bond donors (Lipinski definition) is 4. The van der Waals surface area contributed by atoms with E-state index in [1.165, 1.54) is 0 Å². The zero-order valence-corrected chi connectivity index (χ0v) is 14.8. The van der Waals surface area contributed by atoms with E-state index in [2.05, 4.69) is 5.32 Å². The van der Waals surface area contributed by atoms with Gasteiger partial charge in [0.25, 0.3) is 0 Å². The van der Waals surface area contributed by atoms with E-state index >= 15 is 0 Å². The van der Waals surface area contributed by atoms with E-state index in [4.69, 9.17) is 5.73 Å². The van der Waals surface area contributed by atoms with Gasteiger partial charge in [-0.2, -0.15) is 13.2 Å². The molecule has 1 aromatic carbocycles. The number of carboxylic acid groups (broad SMARTS) is 1. The summed E-state index contributed by atoms with van der Waals surface area (Å²) >= 11 is 0. The summed E-state index contributed by atoms with van der Waals surface area (Å²) in [7, 11) is 0. The van der Waals surface area contributed by atoms with Gasteiger partial charge in [0.15, 0.2) is 5.60 Å². The van der Waals surface area contributed by atoms with Crippen LogP contribution in [0.1, 0.15) is 18.4 Å². The number of carbonyl (C=O) groups excluding carboxylic acids is 1. The first kappa shape index (κ1) is 21.6. The van der Waals surface area contributed by atoms with Crippen molar-refractivity contribution in [2.45, 2.75) is 43.1 Å². The second-order valence-corrected chi connectivity index (χ2v) is 6.64. The monoisotopic (exact) mass is 398 g/mol. The van der Waals surface area contributed by atoms with Gasteiger partial charge in [-0.1, -0.05) is 42.5 Å². The lowest BCUT2D eigenvalue weighted by Gasteiger charge is -2.29. The van der Waals surface area contributed by atoms with Gasteiger partial charge in [-0.15, -0.1) is 0 Å². The van der Waals surface area contributed by atoms with Crippen LogP contribution in [0, 0.1) is 0 Å². The number of benzene rings is 1. The summed E-state index contributed by atoms with van der Waals surface area (Å²) in [6.45, 7) is 0. The Kier molecular flexibility index (Phi) is 6.63. The molecule has 0 bridgehead atoms. The minimum absolute atomic E-state index is 0.209. The third-order valence-electron chi connectivity index (χ3n) is 4.43. The first-order valence-electron chi connectivity index (χ1n) is 8.52. The van der Waals surface area contributed by atoms with E-state index in [1.807, 2.05) is 0 Å².